The van der Waals surface area contributed by atoms with Crippen LogP contribution in [0.1, 0.15) is 35.2 Å². The molecular formula is C19H20N4O3. The molecule has 1 N–H and O–H groups in total. The van der Waals surface area contributed by atoms with E-state index in [2.05, 4.69) is 27.6 Å². The fourth-order valence-corrected chi connectivity index (χ4v) is 2.91. The predicted molar refractivity (Wildman–Crippen MR) is 101 cm³/mol. The van der Waals surface area contributed by atoms with Gasteiger partial charge in [0.25, 0.3) is 11.6 Å². The van der Waals surface area contributed by atoms with E-state index in [9.17, 15) is 14.9 Å². The Hall–Kier alpha value is -3.22. The van der Waals surface area contributed by atoms with Crippen LogP contribution in [-0.4, -0.2) is 30.1 Å². The van der Waals surface area contributed by atoms with Gasteiger partial charge in [0.1, 0.15) is 0 Å². The van der Waals surface area contributed by atoms with Crippen molar-refractivity contribution in [1.29, 1.82) is 0 Å². The van der Waals surface area contributed by atoms with Gasteiger partial charge in [0, 0.05) is 36.5 Å². The molecule has 0 atom stereocenters. The number of benzene rings is 2. The molecule has 2 aromatic rings. The first-order chi connectivity index (χ1) is 12.6. The normalized spacial score (nSPS) is 14.4. The number of anilines is 1. The Bertz CT molecular complexity index is 812. The summed E-state index contributed by atoms with van der Waals surface area (Å²) in [6.45, 7) is 2.18. The van der Waals surface area contributed by atoms with Crippen molar-refractivity contribution >= 4 is 23.5 Å². The van der Waals surface area contributed by atoms with Gasteiger partial charge < -0.3 is 4.90 Å². The molecule has 2 aromatic carbocycles. The number of hydrogen-bond donors (Lipinski definition) is 1. The molecule has 134 valence electrons. The molecule has 1 amide bonds. The van der Waals surface area contributed by atoms with E-state index >= 15 is 0 Å². The van der Waals surface area contributed by atoms with E-state index in [0.717, 1.165) is 18.7 Å². The molecule has 1 saturated heterocycles. The van der Waals surface area contributed by atoms with Crippen LogP contribution in [-0.2, 0) is 0 Å². The average Bonchev–Trinajstić information content (AvgIpc) is 2.69. The number of piperidine rings is 1. The molecular weight excluding hydrogens is 332 g/mol. The largest absolute Gasteiger partial charge is 0.372 e. The van der Waals surface area contributed by atoms with Crippen molar-refractivity contribution in [3.05, 3.63) is 69.8 Å². The van der Waals surface area contributed by atoms with E-state index in [0.29, 0.717) is 0 Å². The highest BCUT2D eigenvalue weighted by atomic mass is 16.6. The zero-order valence-corrected chi connectivity index (χ0v) is 14.3. The Morgan fingerprint density at radius 2 is 1.85 bits per heavy atom. The van der Waals surface area contributed by atoms with E-state index in [4.69, 9.17) is 0 Å². The van der Waals surface area contributed by atoms with Gasteiger partial charge in [-0.3, -0.25) is 14.9 Å². The lowest BCUT2D eigenvalue weighted by atomic mass is 10.1. The molecule has 1 aliphatic heterocycles. The van der Waals surface area contributed by atoms with Crippen LogP contribution in [0, 0.1) is 10.1 Å². The average molecular weight is 352 g/mol. The first kappa shape index (κ1) is 17.6. The topological polar surface area (TPSA) is 87.8 Å². The summed E-state index contributed by atoms with van der Waals surface area (Å²) in [5, 5.41) is 14.7. The zero-order valence-electron chi connectivity index (χ0n) is 14.3. The van der Waals surface area contributed by atoms with Gasteiger partial charge in [-0.2, -0.15) is 5.10 Å². The number of amides is 1. The third-order valence-electron chi connectivity index (χ3n) is 4.31. The summed E-state index contributed by atoms with van der Waals surface area (Å²) in [5.74, 6) is -0.491. The molecule has 1 aliphatic rings. The summed E-state index contributed by atoms with van der Waals surface area (Å²) in [4.78, 5) is 24.6. The molecule has 0 aromatic heterocycles. The van der Waals surface area contributed by atoms with E-state index in [1.165, 1.54) is 49.2 Å². The minimum Gasteiger partial charge on any atom is -0.372 e. The number of carbonyl (C=O) groups is 1. The summed E-state index contributed by atoms with van der Waals surface area (Å²) in [7, 11) is 0. The quantitative estimate of drug-likeness (QED) is 0.508. The highest BCUT2D eigenvalue weighted by Gasteiger charge is 2.11. The Morgan fingerprint density at radius 1 is 1.12 bits per heavy atom. The molecule has 3 rings (SSSR count). The Balaban J connectivity index is 1.58. The van der Waals surface area contributed by atoms with Crippen molar-refractivity contribution < 1.29 is 9.72 Å². The Morgan fingerprint density at radius 3 is 2.54 bits per heavy atom. The summed E-state index contributed by atoms with van der Waals surface area (Å²) < 4.78 is 0. The lowest BCUT2D eigenvalue weighted by Gasteiger charge is -2.28. The molecule has 0 unspecified atom stereocenters. The number of nitro benzene ring substituents is 1. The minimum atomic E-state index is -0.538. The molecule has 1 heterocycles. The van der Waals surface area contributed by atoms with E-state index in [1.54, 1.807) is 6.21 Å². The first-order valence-electron chi connectivity index (χ1n) is 8.56. The monoisotopic (exact) mass is 352 g/mol. The lowest BCUT2D eigenvalue weighted by Crippen LogP contribution is -2.29. The van der Waals surface area contributed by atoms with E-state index < -0.39 is 10.8 Å². The van der Waals surface area contributed by atoms with E-state index in [1.807, 2.05) is 12.1 Å². The summed E-state index contributed by atoms with van der Waals surface area (Å²) in [6.07, 6.45) is 5.31. The number of rotatable bonds is 5. The number of hydrogen-bond acceptors (Lipinski definition) is 5. The molecule has 0 saturated carbocycles. The first-order valence-corrected chi connectivity index (χ1v) is 8.56. The van der Waals surface area contributed by atoms with Crippen LogP contribution < -0.4 is 10.3 Å². The Kier molecular flexibility index (Phi) is 5.58. The third-order valence-corrected chi connectivity index (χ3v) is 4.31. The SMILES string of the molecule is O=C(N/N=C\c1ccc(N2CCCCC2)cc1)c1cccc([N+](=O)[O-])c1. The predicted octanol–water partition coefficient (Wildman–Crippen LogP) is 3.35. The highest BCUT2D eigenvalue weighted by molar-refractivity contribution is 5.95. The van der Waals surface area contributed by atoms with Gasteiger partial charge in [-0.1, -0.05) is 18.2 Å². The standard InChI is InChI=1S/C19H20N4O3/c24-19(16-5-4-6-18(13-16)23(25)26)21-20-14-15-7-9-17(10-8-15)22-11-2-1-3-12-22/h4-10,13-14H,1-3,11-12H2,(H,21,24)/b20-14-. The van der Waals surface area contributed by atoms with Gasteiger partial charge in [-0.05, 0) is 43.0 Å². The maximum Gasteiger partial charge on any atom is 0.271 e. The molecule has 0 bridgehead atoms. The fraction of sp³-hybridized carbons (Fsp3) is 0.263. The van der Waals surface area contributed by atoms with Crippen molar-refractivity contribution in [2.24, 2.45) is 5.10 Å². The van der Waals surface area contributed by atoms with Gasteiger partial charge >= 0.3 is 0 Å². The zero-order chi connectivity index (χ0) is 18.4. The van der Waals surface area contributed by atoms with Crippen LogP contribution >= 0.6 is 0 Å². The van der Waals surface area contributed by atoms with Gasteiger partial charge in [0.05, 0.1) is 11.1 Å². The van der Waals surface area contributed by atoms with Crippen molar-refractivity contribution in [3.63, 3.8) is 0 Å². The number of non-ortho nitro benzene ring substituents is 1. The van der Waals surface area contributed by atoms with Crippen LogP contribution in [0.2, 0.25) is 0 Å². The van der Waals surface area contributed by atoms with Gasteiger partial charge in [-0.25, -0.2) is 5.43 Å². The van der Waals surface area contributed by atoms with Crippen molar-refractivity contribution in [2.75, 3.05) is 18.0 Å². The molecule has 7 nitrogen and oxygen atoms in total. The molecule has 0 radical (unpaired) electrons. The van der Waals surface area contributed by atoms with Crippen LogP contribution in [0.5, 0.6) is 0 Å². The van der Waals surface area contributed by atoms with Crippen LogP contribution in [0.15, 0.2) is 53.6 Å². The second-order valence-electron chi connectivity index (χ2n) is 6.15. The number of nitrogens with one attached hydrogen (secondary N) is 1. The van der Waals surface area contributed by atoms with E-state index in [-0.39, 0.29) is 11.3 Å². The maximum absolute atomic E-state index is 12.0. The summed E-state index contributed by atoms with van der Waals surface area (Å²) in [6, 6.07) is 13.5. The van der Waals surface area contributed by atoms with Gasteiger partial charge in [-0.15, -0.1) is 0 Å². The van der Waals surface area contributed by atoms with Crippen LogP contribution in [0.4, 0.5) is 11.4 Å². The van der Waals surface area contributed by atoms with Crippen LogP contribution in [0.25, 0.3) is 0 Å². The smallest absolute Gasteiger partial charge is 0.271 e. The fourth-order valence-electron chi connectivity index (χ4n) is 2.91. The number of nitro groups is 1. The summed E-state index contributed by atoms with van der Waals surface area (Å²) in [5.41, 5.74) is 4.51. The summed E-state index contributed by atoms with van der Waals surface area (Å²) >= 11 is 0. The van der Waals surface area contributed by atoms with Crippen molar-refractivity contribution in [3.8, 4) is 0 Å². The van der Waals surface area contributed by atoms with Gasteiger partial charge in [0.15, 0.2) is 0 Å². The molecule has 26 heavy (non-hydrogen) atoms. The number of hydrazone groups is 1. The molecule has 1 fully saturated rings. The highest BCUT2D eigenvalue weighted by Crippen LogP contribution is 2.19. The van der Waals surface area contributed by atoms with Gasteiger partial charge in [0.2, 0.25) is 0 Å². The number of nitrogens with zero attached hydrogens (tertiary/aromatic N) is 3. The lowest BCUT2D eigenvalue weighted by molar-refractivity contribution is -0.384. The second kappa shape index (κ2) is 8.24. The number of carbonyl (C=O) groups excluding carboxylic acids is 1. The molecule has 0 spiro atoms. The van der Waals surface area contributed by atoms with Crippen molar-refractivity contribution in [2.45, 2.75) is 19.3 Å². The maximum atomic E-state index is 12.0. The minimum absolute atomic E-state index is 0.130. The third kappa shape index (κ3) is 4.44. The second-order valence-corrected chi connectivity index (χ2v) is 6.15. The van der Waals surface area contributed by atoms with Crippen molar-refractivity contribution in [1.82, 2.24) is 5.43 Å². The molecule has 0 aliphatic carbocycles. The Labute approximate surface area is 151 Å². The molecule has 7 heteroatoms. The van der Waals surface area contributed by atoms with Crippen LogP contribution in [0.3, 0.4) is 0 Å².